The van der Waals surface area contributed by atoms with Crippen LogP contribution < -0.4 is 0 Å². The molecule has 0 N–H and O–H groups in total. The molecule has 0 bridgehead atoms. The summed E-state index contributed by atoms with van der Waals surface area (Å²) in [6.07, 6.45) is 2.52. The zero-order chi connectivity index (χ0) is 8.39. The second-order valence-corrected chi connectivity index (χ2v) is 2.43. The van der Waals surface area contributed by atoms with Gasteiger partial charge >= 0.3 is 0 Å². The number of hydrogen-bond donors (Lipinski definition) is 0. The summed E-state index contributed by atoms with van der Waals surface area (Å²) >= 11 is 0. The van der Waals surface area contributed by atoms with Crippen LogP contribution in [-0.2, 0) is 9.47 Å². The van der Waals surface area contributed by atoms with Gasteiger partial charge in [0.1, 0.15) is 18.3 Å². The molecule has 0 fully saturated rings. The molecule has 1 heterocycles. The second-order valence-electron chi connectivity index (χ2n) is 2.43. The van der Waals surface area contributed by atoms with Crippen molar-refractivity contribution < 1.29 is 13.9 Å². The summed E-state index contributed by atoms with van der Waals surface area (Å²) in [6, 6.07) is 6.01. The molecule has 0 unspecified atom stereocenters. The Morgan fingerprint density at radius 1 is 1.00 bits per heavy atom. The zero-order valence-corrected chi connectivity index (χ0v) is 6.24. The Balaban J connectivity index is 2.18. The molecule has 12 heavy (non-hydrogen) atoms. The van der Waals surface area contributed by atoms with Crippen molar-refractivity contribution >= 4 is 0 Å². The molecule has 0 aliphatic carbocycles. The number of ether oxygens (including phenoxy) is 2. The van der Waals surface area contributed by atoms with Crippen LogP contribution >= 0.6 is 0 Å². The van der Waals surface area contributed by atoms with Crippen LogP contribution in [0, 0.1) is 5.82 Å². The summed E-state index contributed by atoms with van der Waals surface area (Å²) < 4.78 is 22.6. The lowest BCUT2D eigenvalue weighted by Crippen LogP contribution is -1.96. The molecule has 2 nitrogen and oxygen atoms in total. The highest BCUT2D eigenvalue weighted by Gasteiger charge is 2.14. The lowest BCUT2D eigenvalue weighted by atomic mass is 10.2. The molecule has 0 amide bonds. The van der Waals surface area contributed by atoms with Gasteiger partial charge in [0, 0.05) is 5.56 Å². The van der Waals surface area contributed by atoms with Gasteiger partial charge in [-0.3, -0.25) is 0 Å². The third-order valence-corrected chi connectivity index (χ3v) is 1.60. The number of benzene rings is 1. The standard InChI is InChI=1S/C9H7FO2/c10-8-3-1-7(2-4-8)9-11-5-6-12-9/h1-6,9H. The Hall–Kier alpha value is -1.51. The lowest BCUT2D eigenvalue weighted by Gasteiger charge is -2.09. The van der Waals surface area contributed by atoms with E-state index in [2.05, 4.69) is 0 Å². The van der Waals surface area contributed by atoms with E-state index >= 15 is 0 Å². The average molecular weight is 166 g/mol. The average Bonchev–Trinajstić information content (AvgIpc) is 2.58. The van der Waals surface area contributed by atoms with Gasteiger partial charge in [-0.2, -0.15) is 0 Å². The van der Waals surface area contributed by atoms with Crippen LogP contribution in [0.3, 0.4) is 0 Å². The maximum absolute atomic E-state index is 12.5. The van der Waals surface area contributed by atoms with Gasteiger partial charge in [-0.05, 0) is 24.3 Å². The molecule has 1 aromatic rings. The molecule has 62 valence electrons. The predicted octanol–water partition coefficient (Wildman–Crippen LogP) is 2.34. The van der Waals surface area contributed by atoms with E-state index in [1.807, 2.05) is 0 Å². The van der Waals surface area contributed by atoms with Crippen LogP contribution in [0.5, 0.6) is 0 Å². The Bertz CT molecular complexity index is 284. The van der Waals surface area contributed by atoms with Gasteiger partial charge in [0.25, 0.3) is 6.29 Å². The fraction of sp³-hybridized carbons (Fsp3) is 0.111. The van der Waals surface area contributed by atoms with Crippen LogP contribution in [-0.4, -0.2) is 0 Å². The summed E-state index contributed by atoms with van der Waals surface area (Å²) in [4.78, 5) is 0. The van der Waals surface area contributed by atoms with Gasteiger partial charge in [-0.1, -0.05) is 0 Å². The molecule has 1 aliphatic heterocycles. The normalized spacial score (nSPS) is 15.8. The van der Waals surface area contributed by atoms with E-state index in [1.165, 1.54) is 24.7 Å². The largest absolute Gasteiger partial charge is 0.455 e. The summed E-state index contributed by atoms with van der Waals surface area (Å²) in [5.74, 6) is -0.260. The monoisotopic (exact) mass is 166 g/mol. The summed E-state index contributed by atoms with van der Waals surface area (Å²) in [7, 11) is 0. The van der Waals surface area contributed by atoms with Gasteiger partial charge in [0.05, 0.1) is 0 Å². The molecule has 0 radical (unpaired) electrons. The lowest BCUT2D eigenvalue weighted by molar-refractivity contribution is -0.0246. The van der Waals surface area contributed by atoms with Crippen molar-refractivity contribution in [3.05, 3.63) is 48.2 Å². The molecule has 0 saturated heterocycles. The highest BCUT2D eigenvalue weighted by molar-refractivity contribution is 5.18. The Labute approximate surface area is 69.2 Å². The maximum atomic E-state index is 12.5. The number of hydrogen-bond acceptors (Lipinski definition) is 2. The SMILES string of the molecule is Fc1ccc(C2OC=CO2)cc1. The minimum atomic E-state index is -0.411. The first-order chi connectivity index (χ1) is 5.86. The van der Waals surface area contributed by atoms with Crippen LogP contribution in [0.2, 0.25) is 0 Å². The third-order valence-electron chi connectivity index (χ3n) is 1.60. The van der Waals surface area contributed by atoms with Crippen molar-refractivity contribution in [2.24, 2.45) is 0 Å². The van der Waals surface area contributed by atoms with Crippen molar-refractivity contribution in [3.63, 3.8) is 0 Å². The van der Waals surface area contributed by atoms with Crippen molar-refractivity contribution in [2.75, 3.05) is 0 Å². The molecule has 0 atom stereocenters. The van der Waals surface area contributed by atoms with E-state index in [9.17, 15) is 4.39 Å². The fourth-order valence-electron chi connectivity index (χ4n) is 1.02. The Morgan fingerprint density at radius 2 is 1.58 bits per heavy atom. The van der Waals surface area contributed by atoms with Crippen LogP contribution in [0.15, 0.2) is 36.8 Å². The molecular formula is C9H7FO2. The highest BCUT2D eigenvalue weighted by atomic mass is 19.1. The minimum Gasteiger partial charge on any atom is -0.455 e. The van der Waals surface area contributed by atoms with Crippen molar-refractivity contribution in [3.8, 4) is 0 Å². The quantitative estimate of drug-likeness (QED) is 0.637. The van der Waals surface area contributed by atoms with Crippen molar-refractivity contribution in [1.82, 2.24) is 0 Å². The summed E-state index contributed by atoms with van der Waals surface area (Å²) in [5, 5.41) is 0. The van der Waals surface area contributed by atoms with E-state index < -0.39 is 6.29 Å². The van der Waals surface area contributed by atoms with Crippen molar-refractivity contribution in [1.29, 1.82) is 0 Å². The highest BCUT2D eigenvalue weighted by Crippen LogP contribution is 2.23. The Morgan fingerprint density at radius 3 is 2.17 bits per heavy atom. The van der Waals surface area contributed by atoms with Gasteiger partial charge in [-0.25, -0.2) is 4.39 Å². The number of halogens is 1. The number of rotatable bonds is 1. The fourth-order valence-corrected chi connectivity index (χ4v) is 1.02. The molecular weight excluding hydrogens is 159 g/mol. The van der Waals surface area contributed by atoms with Gasteiger partial charge in [0.15, 0.2) is 0 Å². The summed E-state index contributed by atoms with van der Waals surface area (Å²) in [5.41, 5.74) is 0.807. The molecule has 3 heteroatoms. The Kier molecular flexibility index (Phi) is 1.70. The van der Waals surface area contributed by atoms with E-state index in [0.717, 1.165) is 5.56 Å². The first-order valence-electron chi connectivity index (χ1n) is 3.58. The van der Waals surface area contributed by atoms with Gasteiger partial charge in [0.2, 0.25) is 0 Å². The van der Waals surface area contributed by atoms with Crippen molar-refractivity contribution in [2.45, 2.75) is 6.29 Å². The third kappa shape index (κ3) is 1.25. The van der Waals surface area contributed by atoms with E-state index in [0.29, 0.717) is 0 Å². The first-order valence-corrected chi connectivity index (χ1v) is 3.58. The smallest absolute Gasteiger partial charge is 0.266 e. The molecule has 0 aromatic heterocycles. The van der Waals surface area contributed by atoms with Crippen LogP contribution in [0.25, 0.3) is 0 Å². The molecule has 0 saturated carbocycles. The maximum Gasteiger partial charge on any atom is 0.266 e. The molecule has 1 aliphatic rings. The minimum absolute atomic E-state index is 0.260. The van der Waals surface area contributed by atoms with Crippen LogP contribution in [0.4, 0.5) is 4.39 Å². The molecule has 2 rings (SSSR count). The topological polar surface area (TPSA) is 18.5 Å². The van der Waals surface area contributed by atoms with E-state index in [1.54, 1.807) is 12.1 Å². The first kappa shape index (κ1) is 7.16. The summed E-state index contributed by atoms with van der Waals surface area (Å²) in [6.45, 7) is 0. The molecule has 0 spiro atoms. The molecule has 1 aromatic carbocycles. The second kappa shape index (κ2) is 2.85. The predicted molar refractivity (Wildman–Crippen MR) is 40.5 cm³/mol. The van der Waals surface area contributed by atoms with E-state index in [-0.39, 0.29) is 5.82 Å². The van der Waals surface area contributed by atoms with Gasteiger partial charge in [-0.15, -0.1) is 0 Å². The van der Waals surface area contributed by atoms with Gasteiger partial charge < -0.3 is 9.47 Å². The van der Waals surface area contributed by atoms with Crippen LogP contribution in [0.1, 0.15) is 11.9 Å². The van der Waals surface area contributed by atoms with E-state index in [4.69, 9.17) is 9.47 Å². The zero-order valence-electron chi connectivity index (χ0n) is 6.24.